The average Bonchev–Trinajstić information content (AvgIpc) is 2.89. The van der Waals surface area contributed by atoms with Gasteiger partial charge in [0.2, 0.25) is 5.95 Å². The van der Waals surface area contributed by atoms with E-state index in [4.69, 9.17) is 14.5 Å². The Hall–Kier alpha value is -3.75. The largest absolute Gasteiger partial charge is 0.492 e. The zero-order valence-corrected chi connectivity index (χ0v) is 20.1. The van der Waals surface area contributed by atoms with Gasteiger partial charge < -0.3 is 24.6 Å². The van der Waals surface area contributed by atoms with E-state index in [1.54, 1.807) is 0 Å². The number of nitrogens with zero attached hydrogens (tertiary/aromatic N) is 5. The lowest BCUT2D eigenvalue weighted by atomic mass is 10.0. The molecule has 0 unspecified atom stereocenters. The molecule has 4 aromatic rings. The molecular weight excluding hydrogens is 440 g/mol. The van der Waals surface area contributed by atoms with Crippen molar-refractivity contribution in [1.82, 2.24) is 19.9 Å². The van der Waals surface area contributed by atoms with Crippen LogP contribution in [-0.2, 0) is 4.74 Å². The summed E-state index contributed by atoms with van der Waals surface area (Å²) in [7, 11) is 4.07. The number of benzene rings is 2. The highest BCUT2D eigenvalue weighted by molar-refractivity contribution is 5.94. The van der Waals surface area contributed by atoms with Crippen LogP contribution in [0.2, 0.25) is 0 Å². The van der Waals surface area contributed by atoms with Crippen molar-refractivity contribution in [1.29, 1.82) is 0 Å². The van der Waals surface area contributed by atoms with Gasteiger partial charge in [0, 0.05) is 36.8 Å². The molecule has 8 nitrogen and oxygen atoms in total. The normalized spacial score (nSPS) is 13.9. The van der Waals surface area contributed by atoms with Crippen molar-refractivity contribution in [3.8, 4) is 16.9 Å². The third kappa shape index (κ3) is 5.67. The molecule has 5 rings (SSSR count). The number of likely N-dealkylation sites (N-methyl/N-ethyl adjacent to an activating group) is 1. The van der Waals surface area contributed by atoms with Crippen LogP contribution in [0.25, 0.3) is 22.0 Å². The summed E-state index contributed by atoms with van der Waals surface area (Å²) in [5, 5.41) is 4.28. The molecule has 0 bridgehead atoms. The van der Waals surface area contributed by atoms with E-state index >= 15 is 0 Å². The topological polar surface area (TPSA) is 75.6 Å². The maximum absolute atomic E-state index is 5.94. The molecule has 0 radical (unpaired) electrons. The van der Waals surface area contributed by atoms with E-state index in [1.807, 2.05) is 62.9 Å². The zero-order chi connectivity index (χ0) is 24.0. The van der Waals surface area contributed by atoms with Gasteiger partial charge in [-0.1, -0.05) is 30.3 Å². The summed E-state index contributed by atoms with van der Waals surface area (Å²) < 4.78 is 11.4. The minimum absolute atomic E-state index is 0.532. The summed E-state index contributed by atoms with van der Waals surface area (Å²) in [5.41, 5.74) is 3.81. The van der Waals surface area contributed by atoms with Gasteiger partial charge >= 0.3 is 0 Å². The number of anilines is 3. The predicted octanol–water partition coefficient (Wildman–Crippen LogP) is 4.21. The Bertz CT molecular complexity index is 1270. The summed E-state index contributed by atoms with van der Waals surface area (Å²) in [6.45, 7) is 4.69. The Kier molecular flexibility index (Phi) is 7.02. The number of aromatic nitrogens is 3. The van der Waals surface area contributed by atoms with Crippen LogP contribution >= 0.6 is 0 Å². The van der Waals surface area contributed by atoms with Crippen LogP contribution in [-0.4, -0.2) is 73.4 Å². The first kappa shape index (κ1) is 23.0. The molecule has 2 aromatic carbocycles. The van der Waals surface area contributed by atoms with E-state index in [2.05, 4.69) is 43.3 Å². The number of pyridine rings is 1. The Morgan fingerprint density at radius 3 is 2.66 bits per heavy atom. The van der Waals surface area contributed by atoms with E-state index < -0.39 is 0 Å². The molecule has 1 aliphatic heterocycles. The van der Waals surface area contributed by atoms with Crippen LogP contribution in [0, 0.1) is 0 Å². The van der Waals surface area contributed by atoms with Crippen molar-refractivity contribution < 1.29 is 9.47 Å². The average molecular weight is 471 g/mol. The van der Waals surface area contributed by atoms with Crippen molar-refractivity contribution >= 4 is 28.4 Å². The van der Waals surface area contributed by atoms with Crippen LogP contribution in [0.3, 0.4) is 0 Å². The molecule has 0 atom stereocenters. The summed E-state index contributed by atoms with van der Waals surface area (Å²) >= 11 is 0. The van der Waals surface area contributed by atoms with Gasteiger partial charge in [0.15, 0.2) is 0 Å². The standard InChI is InChI=1S/C27H30N6O2/c1-32(2)11-16-35-23-7-3-5-20(17-23)24-8-4-6-21-18-29-27(31-26(21)24)30-22-9-10-25(28-19-22)33-12-14-34-15-13-33/h3-10,17-19H,11-16H2,1-2H3,(H,29,30,31). The van der Waals surface area contributed by atoms with Gasteiger partial charge in [-0.3, -0.25) is 0 Å². The second-order valence-electron chi connectivity index (χ2n) is 8.75. The number of para-hydroxylation sites is 1. The number of morpholine rings is 1. The van der Waals surface area contributed by atoms with Crippen LogP contribution in [0.1, 0.15) is 0 Å². The number of nitrogens with one attached hydrogen (secondary N) is 1. The summed E-state index contributed by atoms with van der Waals surface area (Å²) in [6, 6.07) is 18.3. The first-order chi connectivity index (χ1) is 17.2. The van der Waals surface area contributed by atoms with Crippen LogP contribution in [0.4, 0.5) is 17.5 Å². The van der Waals surface area contributed by atoms with Gasteiger partial charge in [-0.15, -0.1) is 0 Å². The van der Waals surface area contributed by atoms with Crippen molar-refractivity contribution in [3.63, 3.8) is 0 Å². The number of hydrogen-bond donors (Lipinski definition) is 1. The first-order valence-electron chi connectivity index (χ1n) is 11.9. The molecule has 180 valence electrons. The molecule has 8 heteroatoms. The van der Waals surface area contributed by atoms with E-state index in [0.29, 0.717) is 12.6 Å². The predicted molar refractivity (Wildman–Crippen MR) is 140 cm³/mol. The Morgan fingerprint density at radius 2 is 1.86 bits per heavy atom. The Labute approximate surface area is 205 Å². The molecule has 35 heavy (non-hydrogen) atoms. The fraction of sp³-hybridized carbons (Fsp3) is 0.296. The third-order valence-electron chi connectivity index (χ3n) is 5.90. The first-order valence-corrected chi connectivity index (χ1v) is 11.9. The third-order valence-corrected chi connectivity index (χ3v) is 5.90. The van der Waals surface area contributed by atoms with Crippen molar-refractivity contribution in [2.24, 2.45) is 0 Å². The summed E-state index contributed by atoms with van der Waals surface area (Å²) in [4.78, 5) is 18.3. The highest BCUT2D eigenvalue weighted by Crippen LogP contribution is 2.30. The molecule has 1 fully saturated rings. The second kappa shape index (κ2) is 10.7. The van der Waals surface area contributed by atoms with Crippen LogP contribution in [0.5, 0.6) is 5.75 Å². The fourth-order valence-electron chi connectivity index (χ4n) is 4.02. The lowest BCUT2D eigenvalue weighted by Gasteiger charge is -2.27. The molecule has 3 heterocycles. The molecule has 1 N–H and O–H groups in total. The Morgan fingerprint density at radius 1 is 1.00 bits per heavy atom. The van der Waals surface area contributed by atoms with Crippen molar-refractivity contribution in [2.45, 2.75) is 0 Å². The van der Waals surface area contributed by atoms with Gasteiger partial charge in [0.05, 0.1) is 30.6 Å². The summed E-state index contributed by atoms with van der Waals surface area (Å²) in [6.07, 6.45) is 3.67. The number of hydrogen-bond acceptors (Lipinski definition) is 8. The molecule has 0 amide bonds. The molecule has 2 aromatic heterocycles. The smallest absolute Gasteiger partial charge is 0.227 e. The molecule has 0 saturated carbocycles. The van der Waals surface area contributed by atoms with Crippen LogP contribution < -0.4 is 15.0 Å². The highest BCUT2D eigenvalue weighted by atomic mass is 16.5. The molecule has 0 spiro atoms. The SMILES string of the molecule is CN(C)CCOc1cccc(-c2cccc3cnc(Nc4ccc(N5CCOCC5)nc4)nc23)c1. The van der Waals surface area contributed by atoms with Gasteiger partial charge in [-0.05, 0) is 43.9 Å². The Balaban J connectivity index is 1.37. The van der Waals surface area contributed by atoms with Gasteiger partial charge in [-0.25, -0.2) is 15.0 Å². The fourth-order valence-corrected chi connectivity index (χ4v) is 4.02. The number of ether oxygens (including phenoxy) is 2. The van der Waals surface area contributed by atoms with Gasteiger partial charge in [0.25, 0.3) is 0 Å². The minimum atomic E-state index is 0.532. The molecular formula is C27H30N6O2. The maximum Gasteiger partial charge on any atom is 0.227 e. The van der Waals surface area contributed by atoms with Crippen molar-refractivity contribution in [3.05, 3.63) is 67.0 Å². The molecule has 1 saturated heterocycles. The van der Waals surface area contributed by atoms with Crippen molar-refractivity contribution in [2.75, 3.05) is 63.8 Å². The monoisotopic (exact) mass is 470 g/mol. The lowest BCUT2D eigenvalue weighted by molar-refractivity contribution is 0.122. The lowest BCUT2D eigenvalue weighted by Crippen LogP contribution is -2.36. The number of fused-ring (bicyclic) bond motifs is 1. The molecule has 1 aliphatic rings. The van der Waals surface area contributed by atoms with E-state index in [1.165, 1.54) is 0 Å². The van der Waals surface area contributed by atoms with E-state index in [-0.39, 0.29) is 0 Å². The van der Waals surface area contributed by atoms with Gasteiger partial charge in [-0.2, -0.15) is 0 Å². The highest BCUT2D eigenvalue weighted by Gasteiger charge is 2.13. The second-order valence-corrected chi connectivity index (χ2v) is 8.75. The quantitative estimate of drug-likeness (QED) is 0.410. The van der Waals surface area contributed by atoms with Gasteiger partial charge in [0.1, 0.15) is 18.2 Å². The van der Waals surface area contributed by atoms with E-state index in [0.717, 1.165) is 72.1 Å². The zero-order valence-electron chi connectivity index (χ0n) is 20.1. The molecule has 0 aliphatic carbocycles. The van der Waals surface area contributed by atoms with E-state index in [9.17, 15) is 0 Å². The van der Waals surface area contributed by atoms with Crippen LogP contribution in [0.15, 0.2) is 67.0 Å². The minimum Gasteiger partial charge on any atom is -0.492 e. The number of rotatable bonds is 8. The summed E-state index contributed by atoms with van der Waals surface area (Å²) in [5.74, 6) is 2.33. The maximum atomic E-state index is 5.94.